The highest BCUT2D eigenvalue weighted by molar-refractivity contribution is 5.34. The zero-order valence-electron chi connectivity index (χ0n) is 13.6. The molecule has 0 aliphatic heterocycles. The second-order valence-corrected chi connectivity index (χ2v) is 6.95. The van der Waals surface area contributed by atoms with E-state index < -0.39 is 0 Å². The van der Waals surface area contributed by atoms with Crippen molar-refractivity contribution in [2.24, 2.45) is 5.92 Å². The summed E-state index contributed by atoms with van der Waals surface area (Å²) in [5.74, 6) is 1.86. The van der Waals surface area contributed by atoms with Crippen LogP contribution < -0.4 is 10.1 Å². The van der Waals surface area contributed by atoms with Crippen molar-refractivity contribution in [2.75, 3.05) is 6.61 Å². The van der Waals surface area contributed by atoms with Gasteiger partial charge in [-0.2, -0.15) is 0 Å². The Morgan fingerprint density at radius 3 is 2.57 bits per heavy atom. The zero-order valence-corrected chi connectivity index (χ0v) is 13.6. The van der Waals surface area contributed by atoms with Gasteiger partial charge in [-0.25, -0.2) is 0 Å². The van der Waals surface area contributed by atoms with Crippen LogP contribution in [0, 0.1) is 5.92 Å². The summed E-state index contributed by atoms with van der Waals surface area (Å²) in [6.07, 6.45) is 6.22. The molecule has 0 spiro atoms. The molecule has 0 amide bonds. The van der Waals surface area contributed by atoms with Gasteiger partial charge in [-0.15, -0.1) is 0 Å². The highest BCUT2D eigenvalue weighted by Crippen LogP contribution is 2.30. The fourth-order valence-corrected chi connectivity index (χ4v) is 3.41. The van der Waals surface area contributed by atoms with Crippen molar-refractivity contribution in [3.05, 3.63) is 65.2 Å². The van der Waals surface area contributed by atoms with Gasteiger partial charge in [-0.3, -0.25) is 0 Å². The molecule has 1 unspecified atom stereocenters. The third-order valence-electron chi connectivity index (χ3n) is 5.07. The minimum absolute atomic E-state index is 0.571. The number of fused-ring (bicyclic) bond motifs is 1. The first-order chi connectivity index (χ1) is 11.4. The lowest BCUT2D eigenvalue weighted by atomic mass is 9.88. The van der Waals surface area contributed by atoms with E-state index in [1.807, 2.05) is 0 Å². The van der Waals surface area contributed by atoms with Gasteiger partial charge >= 0.3 is 0 Å². The van der Waals surface area contributed by atoms with Crippen LogP contribution in [0.3, 0.4) is 0 Å². The van der Waals surface area contributed by atoms with E-state index in [-0.39, 0.29) is 0 Å². The zero-order chi connectivity index (χ0) is 15.5. The molecule has 0 saturated heterocycles. The van der Waals surface area contributed by atoms with Crippen molar-refractivity contribution in [2.45, 2.75) is 44.7 Å². The minimum atomic E-state index is 0.571. The molecule has 2 aromatic carbocycles. The summed E-state index contributed by atoms with van der Waals surface area (Å²) >= 11 is 0. The fraction of sp³-hybridized carbons (Fsp3) is 0.429. The van der Waals surface area contributed by atoms with Crippen LogP contribution in [0.5, 0.6) is 5.75 Å². The van der Waals surface area contributed by atoms with Crippen molar-refractivity contribution in [3.8, 4) is 5.75 Å². The van der Waals surface area contributed by atoms with E-state index in [0.717, 1.165) is 31.2 Å². The van der Waals surface area contributed by atoms with Crippen LogP contribution in [-0.4, -0.2) is 12.6 Å². The topological polar surface area (TPSA) is 21.3 Å². The monoisotopic (exact) mass is 307 g/mol. The van der Waals surface area contributed by atoms with Crippen molar-refractivity contribution in [3.63, 3.8) is 0 Å². The smallest absolute Gasteiger partial charge is 0.123 e. The molecule has 2 aliphatic rings. The predicted molar refractivity (Wildman–Crippen MR) is 93.8 cm³/mol. The van der Waals surface area contributed by atoms with E-state index in [4.69, 9.17) is 4.74 Å². The first-order valence-corrected chi connectivity index (χ1v) is 8.89. The molecule has 2 heteroatoms. The number of aryl methyl sites for hydroxylation is 1. The van der Waals surface area contributed by atoms with Crippen LogP contribution in [0.1, 0.15) is 36.0 Å². The van der Waals surface area contributed by atoms with E-state index >= 15 is 0 Å². The van der Waals surface area contributed by atoms with Gasteiger partial charge in [-0.05, 0) is 55.2 Å². The first kappa shape index (κ1) is 14.8. The molecular weight excluding hydrogens is 282 g/mol. The Kier molecular flexibility index (Phi) is 4.34. The molecule has 0 bridgehead atoms. The molecule has 4 rings (SSSR count). The quantitative estimate of drug-likeness (QED) is 0.866. The van der Waals surface area contributed by atoms with Gasteiger partial charge in [-0.1, -0.05) is 42.5 Å². The summed E-state index contributed by atoms with van der Waals surface area (Å²) < 4.78 is 6.02. The highest BCUT2D eigenvalue weighted by Gasteiger charge is 2.22. The average Bonchev–Trinajstić information content (AvgIpc) is 3.43. The molecule has 1 N–H and O–H groups in total. The number of hydrogen-bond acceptors (Lipinski definition) is 2. The standard InChI is InChI=1S/C21H25NO/c1-2-6-18-13-20(12-11-17(18)5-1)22-14-19-7-3-4-8-21(19)23-15-16-9-10-16/h1-8,16,20,22H,9-15H2. The Bertz CT molecular complexity index is 662. The maximum absolute atomic E-state index is 6.02. The first-order valence-electron chi connectivity index (χ1n) is 8.89. The van der Waals surface area contributed by atoms with E-state index in [2.05, 4.69) is 53.8 Å². The lowest BCUT2D eigenvalue weighted by Gasteiger charge is -2.26. The fourth-order valence-electron chi connectivity index (χ4n) is 3.41. The Balaban J connectivity index is 1.36. The Morgan fingerprint density at radius 2 is 1.70 bits per heavy atom. The maximum atomic E-state index is 6.02. The summed E-state index contributed by atoms with van der Waals surface area (Å²) in [4.78, 5) is 0. The van der Waals surface area contributed by atoms with Gasteiger partial charge in [0.1, 0.15) is 5.75 Å². The van der Waals surface area contributed by atoms with Crippen LogP contribution in [0.4, 0.5) is 0 Å². The average molecular weight is 307 g/mol. The normalized spacial score (nSPS) is 20.1. The van der Waals surface area contributed by atoms with Crippen LogP contribution in [0.15, 0.2) is 48.5 Å². The second kappa shape index (κ2) is 6.76. The molecule has 2 aromatic rings. The summed E-state index contributed by atoms with van der Waals surface area (Å²) in [5, 5.41) is 3.74. The molecule has 120 valence electrons. The molecule has 1 atom stereocenters. The number of nitrogens with one attached hydrogen (secondary N) is 1. The highest BCUT2D eigenvalue weighted by atomic mass is 16.5. The van der Waals surface area contributed by atoms with Crippen molar-refractivity contribution >= 4 is 0 Å². The van der Waals surface area contributed by atoms with E-state index in [9.17, 15) is 0 Å². The number of hydrogen-bond donors (Lipinski definition) is 1. The summed E-state index contributed by atoms with van der Waals surface area (Å²) in [7, 11) is 0. The third-order valence-corrected chi connectivity index (χ3v) is 5.07. The Labute approximate surface area is 138 Å². The third kappa shape index (κ3) is 3.76. The van der Waals surface area contributed by atoms with Crippen molar-refractivity contribution < 1.29 is 4.74 Å². The molecule has 23 heavy (non-hydrogen) atoms. The molecule has 2 nitrogen and oxygen atoms in total. The summed E-state index contributed by atoms with van der Waals surface area (Å²) in [6, 6.07) is 17.9. The van der Waals surface area contributed by atoms with E-state index in [1.165, 1.54) is 42.4 Å². The van der Waals surface area contributed by atoms with Crippen LogP contribution in [-0.2, 0) is 19.4 Å². The second-order valence-electron chi connectivity index (χ2n) is 6.95. The summed E-state index contributed by atoms with van der Waals surface area (Å²) in [5.41, 5.74) is 4.32. The van der Waals surface area contributed by atoms with Gasteiger partial charge < -0.3 is 10.1 Å². The molecule has 0 aromatic heterocycles. The molecular formula is C21H25NO. The van der Waals surface area contributed by atoms with Gasteiger partial charge in [0.05, 0.1) is 6.61 Å². The van der Waals surface area contributed by atoms with Gasteiger partial charge in [0.25, 0.3) is 0 Å². The van der Waals surface area contributed by atoms with Gasteiger partial charge in [0.2, 0.25) is 0 Å². The lowest BCUT2D eigenvalue weighted by Crippen LogP contribution is -2.34. The lowest BCUT2D eigenvalue weighted by molar-refractivity contribution is 0.295. The Morgan fingerprint density at radius 1 is 0.913 bits per heavy atom. The number of para-hydroxylation sites is 1. The number of benzene rings is 2. The number of rotatable bonds is 6. The molecule has 1 fully saturated rings. The maximum Gasteiger partial charge on any atom is 0.123 e. The number of ether oxygens (including phenoxy) is 1. The largest absolute Gasteiger partial charge is 0.493 e. The molecule has 2 aliphatic carbocycles. The van der Waals surface area contributed by atoms with Crippen LogP contribution >= 0.6 is 0 Å². The van der Waals surface area contributed by atoms with Crippen LogP contribution in [0.2, 0.25) is 0 Å². The summed E-state index contributed by atoms with van der Waals surface area (Å²) in [6.45, 7) is 1.78. The van der Waals surface area contributed by atoms with Crippen molar-refractivity contribution in [1.82, 2.24) is 5.32 Å². The van der Waals surface area contributed by atoms with Crippen LogP contribution in [0.25, 0.3) is 0 Å². The molecule has 0 heterocycles. The SMILES string of the molecule is c1ccc2c(c1)CCC(NCc1ccccc1OCC1CC1)C2. The van der Waals surface area contributed by atoms with Crippen molar-refractivity contribution in [1.29, 1.82) is 0 Å². The predicted octanol–water partition coefficient (Wildman–Crippen LogP) is 4.12. The molecule has 0 radical (unpaired) electrons. The van der Waals surface area contributed by atoms with Gasteiger partial charge in [0, 0.05) is 18.2 Å². The Hall–Kier alpha value is -1.80. The van der Waals surface area contributed by atoms with E-state index in [0.29, 0.717) is 6.04 Å². The van der Waals surface area contributed by atoms with E-state index in [1.54, 1.807) is 0 Å². The van der Waals surface area contributed by atoms with Gasteiger partial charge in [0.15, 0.2) is 0 Å². The minimum Gasteiger partial charge on any atom is -0.493 e. The molecule has 1 saturated carbocycles.